The molecular weight excluding hydrogens is 324 g/mol. The number of hydrogen-bond donors (Lipinski definition) is 1. The summed E-state index contributed by atoms with van der Waals surface area (Å²) in [7, 11) is 0. The van der Waals surface area contributed by atoms with Crippen molar-refractivity contribution in [3.8, 4) is 0 Å². The van der Waals surface area contributed by atoms with Crippen LogP contribution in [0.2, 0.25) is 0 Å². The average Bonchev–Trinajstić information content (AvgIpc) is 2.94. The molecule has 2 aliphatic heterocycles. The van der Waals surface area contributed by atoms with Gasteiger partial charge in [-0.2, -0.15) is 0 Å². The lowest BCUT2D eigenvalue weighted by molar-refractivity contribution is 0.320. The Bertz CT molecular complexity index is 384. The van der Waals surface area contributed by atoms with Crippen molar-refractivity contribution in [1.82, 2.24) is 10.2 Å². The maximum absolute atomic E-state index is 6.13. The molecule has 0 spiro atoms. The van der Waals surface area contributed by atoms with E-state index in [1.165, 1.54) is 16.4 Å². The molecule has 3 nitrogen and oxygen atoms in total. The Morgan fingerprint density at radius 2 is 2.40 bits per heavy atom. The molecule has 0 bridgehead atoms. The minimum atomic E-state index is 0.117. The highest BCUT2D eigenvalue weighted by Crippen LogP contribution is 2.39. The molecule has 1 N–H and O–H groups in total. The molecule has 1 saturated carbocycles. The molecule has 0 saturated heterocycles. The number of halogens is 2. The summed E-state index contributed by atoms with van der Waals surface area (Å²) in [4.78, 5) is 6.75. The number of rotatable bonds is 2. The third-order valence-corrected chi connectivity index (χ3v) is 4.09. The van der Waals surface area contributed by atoms with E-state index in [2.05, 4.69) is 44.0 Å². The van der Waals surface area contributed by atoms with Gasteiger partial charge in [-0.05, 0) is 41.4 Å². The zero-order chi connectivity index (χ0) is 10.4. The molecular formula is C10H11ClIN3. The molecule has 5 heteroatoms. The predicted octanol–water partition coefficient (Wildman–Crippen LogP) is 2.40. The smallest absolute Gasteiger partial charge is 0.152 e. The number of aliphatic imine (C=N–C) groups is 1. The van der Waals surface area contributed by atoms with Gasteiger partial charge in [0.25, 0.3) is 0 Å². The van der Waals surface area contributed by atoms with Crippen molar-refractivity contribution in [2.75, 3.05) is 6.54 Å². The second-order valence-electron chi connectivity index (χ2n) is 4.14. The van der Waals surface area contributed by atoms with E-state index in [4.69, 9.17) is 11.6 Å². The second kappa shape index (κ2) is 3.66. The normalized spacial score (nSPS) is 29.1. The molecule has 1 atom stereocenters. The van der Waals surface area contributed by atoms with Crippen molar-refractivity contribution in [3.05, 3.63) is 20.5 Å². The summed E-state index contributed by atoms with van der Waals surface area (Å²) < 4.78 is 1.20. The van der Waals surface area contributed by atoms with Crippen molar-refractivity contribution in [2.45, 2.75) is 19.0 Å². The van der Waals surface area contributed by atoms with Gasteiger partial charge in [-0.1, -0.05) is 11.6 Å². The van der Waals surface area contributed by atoms with Crippen LogP contribution in [0.5, 0.6) is 0 Å². The molecule has 1 fully saturated rings. The summed E-state index contributed by atoms with van der Waals surface area (Å²) in [5, 5.41) is 3.67. The lowest BCUT2D eigenvalue weighted by Gasteiger charge is -2.25. The van der Waals surface area contributed by atoms with Gasteiger partial charge < -0.3 is 10.2 Å². The monoisotopic (exact) mass is 335 g/mol. The van der Waals surface area contributed by atoms with E-state index < -0.39 is 0 Å². The molecule has 3 rings (SSSR count). The summed E-state index contributed by atoms with van der Waals surface area (Å²) in [6, 6.07) is 0. The Balaban J connectivity index is 1.87. The van der Waals surface area contributed by atoms with E-state index in [0.717, 1.165) is 18.0 Å². The molecule has 0 aromatic rings. The zero-order valence-corrected chi connectivity index (χ0v) is 11.0. The van der Waals surface area contributed by atoms with Gasteiger partial charge in [0.05, 0.1) is 6.34 Å². The first-order valence-electron chi connectivity index (χ1n) is 5.07. The highest BCUT2D eigenvalue weighted by Gasteiger charge is 2.35. The fraction of sp³-hybridized carbons (Fsp3) is 0.500. The molecule has 0 aromatic heterocycles. The first-order chi connectivity index (χ1) is 7.25. The molecule has 3 aliphatic rings. The predicted molar refractivity (Wildman–Crippen MR) is 69.8 cm³/mol. The molecule has 0 amide bonds. The van der Waals surface area contributed by atoms with E-state index in [9.17, 15) is 0 Å². The number of nitrogens with zero attached hydrogens (tertiary/aromatic N) is 2. The quantitative estimate of drug-likeness (QED) is 0.620. The lowest BCUT2D eigenvalue weighted by atomic mass is 10.2. The summed E-state index contributed by atoms with van der Waals surface area (Å²) >= 11 is 8.46. The summed E-state index contributed by atoms with van der Waals surface area (Å²) in [5.74, 6) is 0.869. The Morgan fingerprint density at radius 3 is 3.13 bits per heavy atom. The fourth-order valence-corrected chi connectivity index (χ4v) is 3.26. The SMILES string of the molecule is ClC1=C2C(I)=CN(CC3CC3)C2N=CN1. The van der Waals surface area contributed by atoms with Gasteiger partial charge >= 0.3 is 0 Å². The van der Waals surface area contributed by atoms with Crippen molar-refractivity contribution >= 4 is 40.5 Å². The van der Waals surface area contributed by atoms with Gasteiger partial charge in [-0.15, -0.1) is 0 Å². The standard InChI is InChI=1S/C10H11ClIN3/c11-9-8-7(12)4-15(3-6-1-2-6)10(8)14-5-13-9/h4-6,10H,1-3H2,(H,13,14). The highest BCUT2D eigenvalue weighted by atomic mass is 127. The van der Waals surface area contributed by atoms with Gasteiger partial charge in [-0.3, -0.25) is 0 Å². The molecule has 2 heterocycles. The van der Waals surface area contributed by atoms with Crippen LogP contribution in [0.1, 0.15) is 12.8 Å². The molecule has 1 unspecified atom stereocenters. The Kier molecular flexibility index (Phi) is 2.43. The Labute approximate surface area is 107 Å². The second-order valence-corrected chi connectivity index (χ2v) is 5.68. The number of nitrogens with one attached hydrogen (secondary N) is 1. The fourth-order valence-electron chi connectivity index (χ4n) is 1.95. The minimum Gasteiger partial charge on any atom is -0.351 e. The largest absolute Gasteiger partial charge is 0.351 e. The topological polar surface area (TPSA) is 27.6 Å². The highest BCUT2D eigenvalue weighted by molar-refractivity contribution is 14.1. The first kappa shape index (κ1) is 9.96. The van der Waals surface area contributed by atoms with Gasteiger partial charge in [0.1, 0.15) is 5.16 Å². The first-order valence-corrected chi connectivity index (χ1v) is 6.52. The molecule has 1 aliphatic carbocycles. The van der Waals surface area contributed by atoms with E-state index in [1.54, 1.807) is 6.34 Å². The van der Waals surface area contributed by atoms with E-state index in [1.807, 2.05) is 0 Å². The van der Waals surface area contributed by atoms with Crippen LogP contribution in [0, 0.1) is 5.92 Å². The average molecular weight is 336 g/mol. The van der Waals surface area contributed by atoms with Crippen molar-refractivity contribution in [1.29, 1.82) is 0 Å². The van der Waals surface area contributed by atoms with Crippen LogP contribution in [0.25, 0.3) is 0 Å². The van der Waals surface area contributed by atoms with Crippen LogP contribution in [-0.4, -0.2) is 23.9 Å². The molecule has 15 heavy (non-hydrogen) atoms. The van der Waals surface area contributed by atoms with Gasteiger partial charge in [0.2, 0.25) is 0 Å². The van der Waals surface area contributed by atoms with Gasteiger partial charge in [-0.25, -0.2) is 4.99 Å². The van der Waals surface area contributed by atoms with Crippen molar-refractivity contribution in [3.63, 3.8) is 0 Å². The van der Waals surface area contributed by atoms with E-state index in [0.29, 0.717) is 5.16 Å². The van der Waals surface area contributed by atoms with Gasteiger partial charge in [0, 0.05) is 21.9 Å². The number of hydrogen-bond acceptors (Lipinski definition) is 3. The van der Waals surface area contributed by atoms with E-state index >= 15 is 0 Å². The maximum Gasteiger partial charge on any atom is 0.152 e. The third-order valence-electron chi connectivity index (χ3n) is 2.92. The van der Waals surface area contributed by atoms with Crippen LogP contribution in [0.4, 0.5) is 0 Å². The number of fused-ring (bicyclic) bond motifs is 1. The van der Waals surface area contributed by atoms with Crippen molar-refractivity contribution in [2.24, 2.45) is 10.9 Å². The van der Waals surface area contributed by atoms with Crippen LogP contribution >= 0.6 is 34.2 Å². The van der Waals surface area contributed by atoms with Crippen LogP contribution in [0.3, 0.4) is 0 Å². The summed E-state index contributed by atoms with van der Waals surface area (Å²) in [6.45, 7) is 1.11. The maximum atomic E-state index is 6.13. The van der Waals surface area contributed by atoms with E-state index in [-0.39, 0.29) is 6.17 Å². The Hall–Kier alpha value is -0.230. The van der Waals surface area contributed by atoms with Crippen molar-refractivity contribution < 1.29 is 0 Å². The zero-order valence-electron chi connectivity index (χ0n) is 8.08. The molecule has 80 valence electrons. The Morgan fingerprint density at radius 1 is 1.60 bits per heavy atom. The summed E-state index contributed by atoms with van der Waals surface area (Å²) in [6.07, 6.45) is 6.71. The molecule has 0 aromatic carbocycles. The molecule has 0 radical (unpaired) electrons. The van der Waals surface area contributed by atoms with Crippen LogP contribution in [0.15, 0.2) is 25.5 Å². The lowest BCUT2D eigenvalue weighted by Crippen LogP contribution is -2.33. The van der Waals surface area contributed by atoms with Gasteiger partial charge in [0.15, 0.2) is 6.17 Å². The van der Waals surface area contributed by atoms with Crippen LogP contribution < -0.4 is 5.32 Å². The third kappa shape index (κ3) is 1.78. The summed E-state index contributed by atoms with van der Waals surface area (Å²) in [5.41, 5.74) is 1.13. The van der Waals surface area contributed by atoms with Crippen LogP contribution in [-0.2, 0) is 0 Å². The minimum absolute atomic E-state index is 0.117.